The number of aromatic nitrogens is 4. The van der Waals surface area contributed by atoms with Gasteiger partial charge in [0.1, 0.15) is 11.6 Å². The molecule has 7 heteroatoms. The Bertz CT molecular complexity index is 926. The van der Waals surface area contributed by atoms with Gasteiger partial charge in [-0.15, -0.1) is 0 Å². The number of nitrogens with one attached hydrogen (secondary N) is 1. The third kappa shape index (κ3) is 5.13. The van der Waals surface area contributed by atoms with E-state index in [1.807, 2.05) is 23.2 Å². The molecular weight excluding hydrogens is 364 g/mol. The van der Waals surface area contributed by atoms with E-state index in [9.17, 15) is 4.79 Å². The van der Waals surface area contributed by atoms with Gasteiger partial charge in [0.05, 0.1) is 11.8 Å². The van der Waals surface area contributed by atoms with E-state index in [1.54, 1.807) is 31.0 Å². The number of aryl methyl sites for hydroxylation is 1. The van der Waals surface area contributed by atoms with Gasteiger partial charge in [0.2, 0.25) is 0 Å². The zero-order chi connectivity index (χ0) is 19.9. The molecule has 0 aromatic carbocycles. The highest BCUT2D eigenvalue weighted by atomic mass is 16.2. The van der Waals surface area contributed by atoms with Crippen LogP contribution in [0.2, 0.25) is 0 Å². The van der Waals surface area contributed by atoms with Crippen LogP contribution in [0.1, 0.15) is 35.2 Å². The SMILES string of the molecule is O=C(c1cccnc1)N1CCC(CCc2ccnc(Nc3cnccn3)c2)CC1. The van der Waals surface area contributed by atoms with Crippen LogP contribution in [0.25, 0.3) is 0 Å². The van der Waals surface area contributed by atoms with Crippen LogP contribution < -0.4 is 5.32 Å². The molecular formula is C22H24N6O. The van der Waals surface area contributed by atoms with Crippen LogP contribution in [-0.2, 0) is 6.42 Å². The number of likely N-dealkylation sites (tertiary alicyclic amines) is 1. The number of amides is 1. The van der Waals surface area contributed by atoms with E-state index in [-0.39, 0.29) is 5.91 Å². The molecule has 148 valence electrons. The number of rotatable bonds is 6. The predicted octanol–water partition coefficient (Wildman–Crippen LogP) is 3.50. The fourth-order valence-electron chi connectivity index (χ4n) is 3.66. The van der Waals surface area contributed by atoms with Crippen molar-refractivity contribution in [3.05, 3.63) is 72.6 Å². The van der Waals surface area contributed by atoms with E-state index in [4.69, 9.17) is 0 Å². The summed E-state index contributed by atoms with van der Waals surface area (Å²) in [4.78, 5) is 31.2. The first-order valence-corrected chi connectivity index (χ1v) is 9.95. The minimum absolute atomic E-state index is 0.0883. The van der Waals surface area contributed by atoms with Crippen molar-refractivity contribution in [2.45, 2.75) is 25.7 Å². The molecule has 1 saturated heterocycles. The number of nitrogens with zero attached hydrogens (tertiary/aromatic N) is 5. The predicted molar refractivity (Wildman–Crippen MR) is 111 cm³/mol. The van der Waals surface area contributed by atoms with Crippen LogP contribution in [0, 0.1) is 5.92 Å². The second kappa shape index (κ2) is 9.23. The molecule has 3 aromatic rings. The summed E-state index contributed by atoms with van der Waals surface area (Å²) in [5.41, 5.74) is 1.92. The summed E-state index contributed by atoms with van der Waals surface area (Å²) in [5, 5.41) is 3.18. The molecule has 0 atom stereocenters. The first-order chi connectivity index (χ1) is 14.3. The Labute approximate surface area is 170 Å². The summed E-state index contributed by atoms with van der Waals surface area (Å²) in [6.07, 6.45) is 14.3. The minimum atomic E-state index is 0.0883. The monoisotopic (exact) mass is 388 g/mol. The van der Waals surface area contributed by atoms with Crippen LogP contribution in [-0.4, -0.2) is 43.8 Å². The zero-order valence-electron chi connectivity index (χ0n) is 16.2. The van der Waals surface area contributed by atoms with E-state index in [2.05, 4.69) is 37.4 Å². The maximum atomic E-state index is 12.5. The van der Waals surface area contributed by atoms with Crippen molar-refractivity contribution in [1.82, 2.24) is 24.8 Å². The molecule has 0 aliphatic carbocycles. The van der Waals surface area contributed by atoms with Gasteiger partial charge in [0.25, 0.3) is 5.91 Å². The van der Waals surface area contributed by atoms with Crippen LogP contribution in [0.4, 0.5) is 11.6 Å². The number of piperidine rings is 1. The molecule has 7 nitrogen and oxygen atoms in total. The lowest BCUT2D eigenvalue weighted by Gasteiger charge is -2.32. The third-order valence-corrected chi connectivity index (χ3v) is 5.30. The number of anilines is 2. The Morgan fingerprint density at radius 3 is 2.59 bits per heavy atom. The van der Waals surface area contributed by atoms with Gasteiger partial charge in [-0.05, 0) is 61.4 Å². The number of hydrogen-bond donors (Lipinski definition) is 1. The van der Waals surface area contributed by atoms with Crippen molar-refractivity contribution in [2.75, 3.05) is 18.4 Å². The molecule has 0 unspecified atom stereocenters. The number of carbonyl (C=O) groups excluding carboxylic acids is 1. The topological polar surface area (TPSA) is 83.9 Å². The van der Waals surface area contributed by atoms with E-state index in [1.165, 1.54) is 5.56 Å². The first kappa shape index (κ1) is 19.0. The number of pyridine rings is 2. The van der Waals surface area contributed by atoms with Crippen molar-refractivity contribution < 1.29 is 4.79 Å². The summed E-state index contributed by atoms with van der Waals surface area (Å²) in [6.45, 7) is 1.63. The molecule has 1 aliphatic rings. The van der Waals surface area contributed by atoms with Crippen molar-refractivity contribution in [1.29, 1.82) is 0 Å². The van der Waals surface area contributed by atoms with Crippen LogP contribution >= 0.6 is 0 Å². The fourth-order valence-corrected chi connectivity index (χ4v) is 3.66. The van der Waals surface area contributed by atoms with Gasteiger partial charge < -0.3 is 10.2 Å². The van der Waals surface area contributed by atoms with Gasteiger partial charge in [0.15, 0.2) is 0 Å². The van der Waals surface area contributed by atoms with Gasteiger partial charge in [-0.1, -0.05) is 0 Å². The molecule has 1 amide bonds. The molecule has 0 bridgehead atoms. The van der Waals surface area contributed by atoms with Gasteiger partial charge in [-0.3, -0.25) is 14.8 Å². The smallest absolute Gasteiger partial charge is 0.255 e. The van der Waals surface area contributed by atoms with Gasteiger partial charge in [-0.25, -0.2) is 9.97 Å². The lowest BCUT2D eigenvalue weighted by atomic mass is 9.90. The Morgan fingerprint density at radius 2 is 1.83 bits per heavy atom. The highest BCUT2D eigenvalue weighted by molar-refractivity contribution is 5.93. The average molecular weight is 388 g/mol. The Kier molecular flexibility index (Phi) is 6.04. The summed E-state index contributed by atoms with van der Waals surface area (Å²) in [7, 11) is 0. The van der Waals surface area contributed by atoms with Crippen molar-refractivity contribution in [2.24, 2.45) is 5.92 Å². The molecule has 1 fully saturated rings. The summed E-state index contributed by atoms with van der Waals surface area (Å²) >= 11 is 0. The van der Waals surface area contributed by atoms with E-state index < -0.39 is 0 Å². The van der Waals surface area contributed by atoms with E-state index >= 15 is 0 Å². The standard InChI is InChI=1S/C22H24N6O/c29-22(19-2-1-8-23-15-19)28-12-6-17(7-13-28)3-4-18-5-9-25-20(14-18)27-21-16-24-10-11-26-21/h1-2,5,8-11,14-17H,3-4,6-7,12-13H2,(H,25,26,27). The van der Waals surface area contributed by atoms with Crippen molar-refractivity contribution >= 4 is 17.5 Å². The molecule has 0 saturated carbocycles. The maximum absolute atomic E-state index is 12.5. The molecule has 3 aromatic heterocycles. The van der Waals surface area contributed by atoms with Crippen molar-refractivity contribution in [3.63, 3.8) is 0 Å². The highest BCUT2D eigenvalue weighted by Crippen LogP contribution is 2.24. The molecule has 1 N–H and O–H groups in total. The molecule has 1 aliphatic heterocycles. The van der Waals surface area contributed by atoms with Gasteiger partial charge >= 0.3 is 0 Å². The Balaban J connectivity index is 1.26. The second-order valence-electron chi connectivity index (χ2n) is 7.28. The number of carbonyl (C=O) groups is 1. The van der Waals surface area contributed by atoms with E-state index in [0.717, 1.165) is 44.6 Å². The Morgan fingerprint density at radius 1 is 1.00 bits per heavy atom. The maximum Gasteiger partial charge on any atom is 0.255 e. The lowest BCUT2D eigenvalue weighted by molar-refractivity contribution is 0.0686. The third-order valence-electron chi connectivity index (χ3n) is 5.30. The zero-order valence-corrected chi connectivity index (χ0v) is 16.2. The van der Waals surface area contributed by atoms with Crippen LogP contribution in [0.5, 0.6) is 0 Å². The summed E-state index contributed by atoms with van der Waals surface area (Å²) in [5.74, 6) is 2.19. The summed E-state index contributed by atoms with van der Waals surface area (Å²) < 4.78 is 0. The van der Waals surface area contributed by atoms with Crippen LogP contribution in [0.15, 0.2) is 61.4 Å². The fraction of sp³-hybridized carbons (Fsp3) is 0.318. The number of hydrogen-bond acceptors (Lipinski definition) is 6. The molecule has 4 heterocycles. The second-order valence-corrected chi connectivity index (χ2v) is 7.28. The normalized spacial score (nSPS) is 14.6. The lowest BCUT2D eigenvalue weighted by Crippen LogP contribution is -2.38. The Hall–Kier alpha value is -3.35. The first-order valence-electron chi connectivity index (χ1n) is 9.95. The quantitative estimate of drug-likeness (QED) is 0.696. The minimum Gasteiger partial charge on any atom is -0.339 e. The van der Waals surface area contributed by atoms with Gasteiger partial charge in [0, 0.05) is 44.1 Å². The largest absolute Gasteiger partial charge is 0.339 e. The van der Waals surface area contributed by atoms with E-state index in [0.29, 0.717) is 17.3 Å². The van der Waals surface area contributed by atoms with Crippen LogP contribution in [0.3, 0.4) is 0 Å². The van der Waals surface area contributed by atoms with Gasteiger partial charge in [-0.2, -0.15) is 0 Å². The molecule has 4 rings (SSSR count). The molecule has 0 spiro atoms. The highest BCUT2D eigenvalue weighted by Gasteiger charge is 2.23. The molecule has 29 heavy (non-hydrogen) atoms. The average Bonchev–Trinajstić information content (AvgIpc) is 2.79. The molecule has 0 radical (unpaired) electrons. The van der Waals surface area contributed by atoms with Crippen molar-refractivity contribution in [3.8, 4) is 0 Å². The summed E-state index contributed by atoms with van der Waals surface area (Å²) in [6, 6.07) is 7.76.